The van der Waals surface area contributed by atoms with Gasteiger partial charge in [0.25, 0.3) is 11.8 Å². The summed E-state index contributed by atoms with van der Waals surface area (Å²) in [6, 6.07) is 12.2. The smallest absolute Gasteiger partial charge is 0.254 e. The number of ether oxygens (including phenoxy) is 3. The number of halogens is 1. The molecule has 4 aromatic rings. The van der Waals surface area contributed by atoms with Crippen LogP contribution in [0.4, 0.5) is 29.1 Å². The van der Waals surface area contributed by atoms with Gasteiger partial charge in [-0.15, -0.1) is 0 Å². The zero-order valence-corrected chi connectivity index (χ0v) is 41.4. The summed E-state index contributed by atoms with van der Waals surface area (Å²) in [6.07, 6.45) is 13.0. The van der Waals surface area contributed by atoms with E-state index in [1.54, 1.807) is 74.0 Å². The first kappa shape index (κ1) is 49.2. The molecular formula is C51H64ClN11O6. The van der Waals surface area contributed by atoms with Gasteiger partial charge in [-0.1, -0.05) is 59.1 Å². The number of carbonyl (C=O) groups is 3. The van der Waals surface area contributed by atoms with Gasteiger partial charge in [0.15, 0.2) is 5.82 Å². The molecule has 2 aromatic carbocycles. The minimum Gasteiger partial charge on any atom is -0.495 e. The SMILES string of the molecule is CC[C@@H]1C(=O)N(C)c2cnc(Nc3ccc(C(=O)NCCCCOC4CCN(c5ncc(C(=O)NC6C(C)(C)C(Oc7ccc(C#N)c(Cl)c7)C6(C)C)cn5)CC4)cc3OC)nc2N1C1CCCC1. The topological polar surface area (TPSA) is 200 Å². The molecule has 0 bridgehead atoms. The van der Waals surface area contributed by atoms with Gasteiger partial charge in [-0.05, 0) is 75.3 Å². The van der Waals surface area contributed by atoms with Gasteiger partial charge in [-0.3, -0.25) is 14.4 Å². The molecule has 3 amide bonds. The second-order valence-electron chi connectivity index (χ2n) is 19.7. The third-order valence-corrected chi connectivity index (χ3v) is 14.7. The molecule has 0 spiro atoms. The summed E-state index contributed by atoms with van der Waals surface area (Å²) >= 11 is 6.25. The van der Waals surface area contributed by atoms with Gasteiger partial charge in [0, 0.05) is 80.2 Å². The van der Waals surface area contributed by atoms with E-state index in [0.717, 1.165) is 70.3 Å². The van der Waals surface area contributed by atoms with Crippen LogP contribution in [0.5, 0.6) is 11.5 Å². The highest BCUT2D eigenvalue weighted by Gasteiger charge is 2.64. The molecule has 1 atom stereocenters. The van der Waals surface area contributed by atoms with Crippen LogP contribution in [0.25, 0.3) is 0 Å². The van der Waals surface area contributed by atoms with Gasteiger partial charge in [0.1, 0.15) is 35.4 Å². The van der Waals surface area contributed by atoms with E-state index in [9.17, 15) is 19.6 Å². The lowest BCUT2D eigenvalue weighted by Gasteiger charge is -2.63. The number of nitrogens with zero attached hydrogens (tertiary/aromatic N) is 8. The first-order chi connectivity index (χ1) is 33.1. The van der Waals surface area contributed by atoms with Crippen molar-refractivity contribution in [3.8, 4) is 17.6 Å². The average Bonchev–Trinajstić information content (AvgIpc) is 3.89. The third-order valence-electron chi connectivity index (χ3n) is 14.4. The van der Waals surface area contributed by atoms with Crippen LogP contribution in [-0.4, -0.2) is 108 Å². The van der Waals surface area contributed by atoms with Crippen molar-refractivity contribution in [3.63, 3.8) is 0 Å². The van der Waals surface area contributed by atoms with E-state index in [1.807, 2.05) is 6.92 Å². The summed E-state index contributed by atoms with van der Waals surface area (Å²) in [4.78, 5) is 64.5. The number of anilines is 5. The molecule has 0 radical (unpaired) electrons. The van der Waals surface area contributed by atoms with E-state index in [0.29, 0.717) is 76.1 Å². The maximum absolute atomic E-state index is 13.4. The molecule has 0 unspecified atom stereocenters. The van der Waals surface area contributed by atoms with E-state index in [4.69, 9.17) is 30.8 Å². The molecule has 4 heterocycles. The summed E-state index contributed by atoms with van der Waals surface area (Å²) in [5.74, 6) is 2.40. The van der Waals surface area contributed by atoms with Crippen LogP contribution in [0.2, 0.25) is 5.02 Å². The number of rotatable bonds is 17. The van der Waals surface area contributed by atoms with Crippen LogP contribution in [0.15, 0.2) is 55.0 Å². The lowest BCUT2D eigenvalue weighted by atomic mass is 9.49. The maximum atomic E-state index is 13.4. The summed E-state index contributed by atoms with van der Waals surface area (Å²) in [6.45, 7) is 12.9. The fraction of sp³-hybridized carbons (Fsp3) is 0.529. The van der Waals surface area contributed by atoms with E-state index >= 15 is 0 Å². The molecular weight excluding hydrogens is 898 g/mol. The summed E-state index contributed by atoms with van der Waals surface area (Å²) < 4.78 is 18.3. The van der Waals surface area contributed by atoms with Crippen molar-refractivity contribution in [2.75, 3.05) is 60.4 Å². The second-order valence-corrected chi connectivity index (χ2v) is 20.1. The summed E-state index contributed by atoms with van der Waals surface area (Å²) in [5, 5.41) is 19.1. The Morgan fingerprint density at radius 3 is 2.32 bits per heavy atom. The number of hydrogen-bond donors (Lipinski definition) is 3. The number of aromatic nitrogens is 4. The number of fused-ring (bicyclic) bond motifs is 1. The number of nitrogens with one attached hydrogen (secondary N) is 3. The number of benzene rings is 2. The minimum atomic E-state index is -0.396. The molecule has 2 aliphatic heterocycles. The third kappa shape index (κ3) is 10.2. The number of unbranched alkanes of at least 4 members (excludes halogenated alkanes) is 1. The van der Waals surface area contributed by atoms with Gasteiger partial charge in [-0.2, -0.15) is 10.2 Å². The van der Waals surface area contributed by atoms with Gasteiger partial charge < -0.3 is 44.9 Å². The number of likely N-dealkylation sites (N-methyl/N-ethyl adjacent to an activating group) is 1. The Balaban J connectivity index is 0.745. The molecule has 17 nitrogen and oxygen atoms in total. The monoisotopic (exact) mass is 961 g/mol. The van der Waals surface area contributed by atoms with Gasteiger partial charge in [-0.25, -0.2) is 15.0 Å². The van der Waals surface area contributed by atoms with Crippen molar-refractivity contribution in [2.45, 2.75) is 123 Å². The highest BCUT2D eigenvalue weighted by atomic mass is 35.5. The molecule has 18 heteroatoms. The van der Waals surface area contributed by atoms with Crippen molar-refractivity contribution < 1.29 is 28.6 Å². The van der Waals surface area contributed by atoms with Gasteiger partial charge in [0.05, 0.1) is 41.2 Å². The predicted octanol–water partition coefficient (Wildman–Crippen LogP) is 7.86. The zero-order chi connectivity index (χ0) is 49.0. The number of nitriles is 1. The molecule has 2 aromatic heterocycles. The molecule has 2 aliphatic carbocycles. The average molecular weight is 963 g/mol. The standard InChI is InChI=1S/C51H64ClN11O6/c1-8-39-45(66)61(6)40-30-55-48(59-42(40)63(39)34-13-9-10-14-34)58-38-18-16-31(25-41(38)67-7)43(64)54-21-11-12-24-68-35-19-22-62(23-20-35)49-56-28-33(29-57-49)44(65)60-46-50(2,3)47(51(46,4)5)69-36-17-15-32(27-53)37(52)26-36/h15-18,25-26,28-30,34-35,39,46-47H,8-14,19-24H2,1-7H3,(H,54,64)(H,60,65)(H,55,58,59)/t39-,46?,47?/m1/s1. The van der Waals surface area contributed by atoms with Gasteiger partial charge >= 0.3 is 0 Å². The van der Waals surface area contributed by atoms with E-state index in [1.165, 1.54) is 0 Å². The highest BCUT2D eigenvalue weighted by Crippen LogP contribution is 2.55. The highest BCUT2D eigenvalue weighted by molar-refractivity contribution is 6.31. The molecule has 3 N–H and O–H groups in total. The number of hydrogen-bond acceptors (Lipinski definition) is 14. The lowest BCUT2D eigenvalue weighted by Crippen LogP contribution is -2.74. The van der Waals surface area contributed by atoms with Crippen LogP contribution in [0, 0.1) is 22.2 Å². The quantitative estimate of drug-likeness (QED) is 0.0864. The van der Waals surface area contributed by atoms with Gasteiger partial charge in [0.2, 0.25) is 17.8 Å². The van der Waals surface area contributed by atoms with Crippen molar-refractivity contribution in [1.82, 2.24) is 30.6 Å². The number of amides is 3. The Hall–Kier alpha value is -6.25. The van der Waals surface area contributed by atoms with Crippen LogP contribution in [0.3, 0.4) is 0 Å². The van der Waals surface area contributed by atoms with Crippen molar-refractivity contribution in [1.29, 1.82) is 5.26 Å². The Bertz CT molecular complexity index is 2540. The van der Waals surface area contributed by atoms with Crippen molar-refractivity contribution in [3.05, 3.63) is 76.7 Å². The molecule has 2 saturated carbocycles. The summed E-state index contributed by atoms with van der Waals surface area (Å²) in [7, 11) is 3.34. The number of carbonyl (C=O) groups excluding carboxylic acids is 3. The normalized spacial score (nSPS) is 20.9. The first-order valence-corrected chi connectivity index (χ1v) is 24.5. The zero-order valence-electron chi connectivity index (χ0n) is 40.7. The molecule has 69 heavy (non-hydrogen) atoms. The number of methoxy groups -OCH3 is 1. The van der Waals surface area contributed by atoms with Crippen LogP contribution >= 0.6 is 11.6 Å². The fourth-order valence-electron chi connectivity index (χ4n) is 10.9. The second kappa shape index (κ2) is 20.8. The molecule has 1 saturated heterocycles. The van der Waals surface area contributed by atoms with E-state index < -0.39 is 10.8 Å². The molecule has 4 aliphatic rings. The largest absolute Gasteiger partial charge is 0.495 e. The van der Waals surface area contributed by atoms with Crippen molar-refractivity contribution in [2.24, 2.45) is 10.8 Å². The molecule has 3 fully saturated rings. The maximum Gasteiger partial charge on any atom is 0.254 e. The summed E-state index contributed by atoms with van der Waals surface area (Å²) in [5.41, 5.74) is 1.77. The van der Waals surface area contributed by atoms with E-state index in [2.05, 4.69) is 74.5 Å². The van der Waals surface area contributed by atoms with Crippen LogP contribution in [-0.2, 0) is 9.53 Å². The molecule has 366 valence electrons. The van der Waals surface area contributed by atoms with E-state index in [-0.39, 0.29) is 48.1 Å². The molecule has 8 rings (SSSR count). The number of piperidine rings is 1. The Labute approximate surface area is 409 Å². The van der Waals surface area contributed by atoms with Crippen LogP contribution < -0.4 is 40.1 Å². The predicted molar refractivity (Wildman–Crippen MR) is 265 cm³/mol. The van der Waals surface area contributed by atoms with Crippen molar-refractivity contribution >= 4 is 58.4 Å². The first-order valence-electron chi connectivity index (χ1n) is 24.2. The lowest BCUT2D eigenvalue weighted by molar-refractivity contribution is -0.164. The fourth-order valence-corrected chi connectivity index (χ4v) is 11.1. The minimum absolute atomic E-state index is 0.0651. The van der Waals surface area contributed by atoms with Crippen LogP contribution in [0.1, 0.15) is 119 Å². The Kier molecular flexibility index (Phi) is 14.8. The Morgan fingerprint density at radius 2 is 1.65 bits per heavy atom. The Morgan fingerprint density at radius 1 is 0.928 bits per heavy atom.